The molecule has 116 valence electrons. The van der Waals surface area contributed by atoms with Crippen LogP contribution < -0.4 is 10.6 Å². The van der Waals surface area contributed by atoms with E-state index in [0.717, 1.165) is 27.9 Å². The maximum absolute atomic E-state index is 12.0. The number of rotatable bonds is 5. The number of thiophene rings is 1. The molecule has 0 fully saturated rings. The number of hydrogen-bond acceptors (Lipinski definition) is 3. The number of anilines is 1. The fraction of sp³-hybridized carbons (Fsp3) is 0.294. The van der Waals surface area contributed by atoms with E-state index in [-0.39, 0.29) is 18.4 Å². The second-order valence-corrected chi connectivity index (χ2v) is 6.19. The summed E-state index contributed by atoms with van der Waals surface area (Å²) in [5.41, 5.74) is 5.00. The lowest BCUT2D eigenvalue weighted by Gasteiger charge is -2.13. The fourth-order valence-electron chi connectivity index (χ4n) is 2.38. The number of nitrogens with one attached hydrogen (secondary N) is 2. The first-order valence-corrected chi connectivity index (χ1v) is 8.05. The van der Waals surface area contributed by atoms with E-state index >= 15 is 0 Å². The van der Waals surface area contributed by atoms with Crippen molar-refractivity contribution < 1.29 is 9.59 Å². The summed E-state index contributed by atoms with van der Waals surface area (Å²) < 4.78 is 0. The summed E-state index contributed by atoms with van der Waals surface area (Å²) in [4.78, 5) is 23.7. The zero-order chi connectivity index (χ0) is 16.1. The molecule has 0 atom stereocenters. The highest BCUT2D eigenvalue weighted by molar-refractivity contribution is 7.08. The van der Waals surface area contributed by atoms with Crippen molar-refractivity contribution in [3.63, 3.8) is 0 Å². The molecule has 1 aromatic carbocycles. The summed E-state index contributed by atoms with van der Waals surface area (Å²) in [5, 5.41) is 9.37. The molecular weight excluding hydrogens is 296 g/mol. The molecule has 1 aromatic heterocycles. The van der Waals surface area contributed by atoms with Gasteiger partial charge in [0, 0.05) is 5.69 Å². The van der Waals surface area contributed by atoms with Crippen molar-refractivity contribution in [3.8, 4) is 0 Å². The molecule has 0 aliphatic carbocycles. The van der Waals surface area contributed by atoms with E-state index in [1.54, 1.807) is 11.3 Å². The Labute approximate surface area is 134 Å². The number of carbonyl (C=O) groups excluding carboxylic acids is 2. The highest BCUT2D eigenvalue weighted by atomic mass is 32.1. The molecule has 0 bridgehead atoms. The molecule has 0 radical (unpaired) electrons. The van der Waals surface area contributed by atoms with Crippen LogP contribution in [-0.4, -0.2) is 18.4 Å². The molecule has 1 heterocycles. The van der Waals surface area contributed by atoms with Gasteiger partial charge in [-0.3, -0.25) is 9.59 Å². The molecule has 0 spiro atoms. The summed E-state index contributed by atoms with van der Waals surface area (Å²) in [6, 6.07) is 5.96. The van der Waals surface area contributed by atoms with Crippen molar-refractivity contribution in [2.24, 2.45) is 0 Å². The fourth-order valence-corrected chi connectivity index (χ4v) is 3.05. The van der Waals surface area contributed by atoms with Crippen LogP contribution >= 0.6 is 11.3 Å². The van der Waals surface area contributed by atoms with Gasteiger partial charge in [0.05, 0.1) is 13.0 Å². The van der Waals surface area contributed by atoms with Gasteiger partial charge in [-0.1, -0.05) is 17.7 Å². The molecule has 2 N–H and O–H groups in total. The average Bonchev–Trinajstić information content (AvgIpc) is 2.93. The van der Waals surface area contributed by atoms with Crippen LogP contribution in [-0.2, 0) is 16.0 Å². The number of aryl methyl sites for hydroxylation is 3. The molecule has 0 unspecified atom stereocenters. The minimum Gasteiger partial charge on any atom is -0.347 e. The Morgan fingerprint density at radius 1 is 1.09 bits per heavy atom. The van der Waals surface area contributed by atoms with Gasteiger partial charge < -0.3 is 10.6 Å². The van der Waals surface area contributed by atoms with Gasteiger partial charge in [0.1, 0.15) is 0 Å². The SMILES string of the molecule is Cc1cc(C)c(NC(=O)CNC(=O)Cc2ccsc2)c(C)c1. The maximum atomic E-state index is 12.0. The molecule has 22 heavy (non-hydrogen) atoms. The smallest absolute Gasteiger partial charge is 0.243 e. The Hall–Kier alpha value is -2.14. The van der Waals surface area contributed by atoms with E-state index in [9.17, 15) is 9.59 Å². The molecule has 2 amide bonds. The summed E-state index contributed by atoms with van der Waals surface area (Å²) >= 11 is 1.55. The third kappa shape index (κ3) is 4.43. The normalized spacial score (nSPS) is 10.3. The molecule has 5 heteroatoms. The Bertz CT molecular complexity index is 655. The Morgan fingerprint density at radius 3 is 2.36 bits per heavy atom. The molecule has 2 rings (SSSR count). The van der Waals surface area contributed by atoms with E-state index in [1.165, 1.54) is 0 Å². The molecule has 2 aromatic rings. The van der Waals surface area contributed by atoms with Gasteiger partial charge in [-0.2, -0.15) is 11.3 Å². The van der Waals surface area contributed by atoms with Crippen LogP contribution in [0.2, 0.25) is 0 Å². The lowest BCUT2D eigenvalue weighted by Crippen LogP contribution is -2.34. The van der Waals surface area contributed by atoms with Crippen molar-refractivity contribution in [2.75, 3.05) is 11.9 Å². The van der Waals surface area contributed by atoms with Gasteiger partial charge in [-0.15, -0.1) is 0 Å². The first-order chi connectivity index (χ1) is 10.5. The van der Waals surface area contributed by atoms with Gasteiger partial charge in [0.15, 0.2) is 0 Å². The van der Waals surface area contributed by atoms with Crippen LogP contribution in [0.5, 0.6) is 0 Å². The monoisotopic (exact) mass is 316 g/mol. The third-order valence-electron chi connectivity index (χ3n) is 3.33. The van der Waals surface area contributed by atoms with Crippen LogP contribution in [0.15, 0.2) is 29.0 Å². The second-order valence-electron chi connectivity index (χ2n) is 5.41. The molecule has 0 aliphatic heterocycles. The van der Waals surface area contributed by atoms with Crippen molar-refractivity contribution in [3.05, 3.63) is 51.2 Å². The molecule has 4 nitrogen and oxygen atoms in total. The number of amides is 2. The minimum atomic E-state index is -0.214. The maximum Gasteiger partial charge on any atom is 0.243 e. The van der Waals surface area contributed by atoms with Crippen molar-refractivity contribution >= 4 is 28.8 Å². The summed E-state index contributed by atoms with van der Waals surface area (Å²) in [7, 11) is 0. The van der Waals surface area contributed by atoms with Gasteiger partial charge in [-0.25, -0.2) is 0 Å². The summed E-state index contributed by atoms with van der Waals surface area (Å²) in [6.07, 6.45) is 0.305. The highest BCUT2D eigenvalue weighted by Crippen LogP contribution is 2.21. The first kappa shape index (κ1) is 16.2. The molecule has 0 saturated carbocycles. The number of carbonyl (C=O) groups is 2. The predicted molar refractivity (Wildman–Crippen MR) is 90.3 cm³/mol. The van der Waals surface area contributed by atoms with Crippen molar-refractivity contribution in [2.45, 2.75) is 27.2 Å². The third-order valence-corrected chi connectivity index (χ3v) is 4.06. The van der Waals surface area contributed by atoms with E-state index in [4.69, 9.17) is 0 Å². The average molecular weight is 316 g/mol. The van der Waals surface area contributed by atoms with Crippen LogP contribution in [0.4, 0.5) is 5.69 Å². The van der Waals surface area contributed by atoms with Gasteiger partial charge >= 0.3 is 0 Å². The standard InChI is InChI=1S/C17H20N2O2S/c1-11-6-12(2)17(13(3)7-11)19-16(21)9-18-15(20)8-14-4-5-22-10-14/h4-7,10H,8-9H2,1-3H3,(H,18,20)(H,19,21). The van der Waals surface area contributed by atoms with Crippen LogP contribution in [0.3, 0.4) is 0 Å². The van der Waals surface area contributed by atoms with Crippen molar-refractivity contribution in [1.82, 2.24) is 5.32 Å². The summed E-state index contributed by atoms with van der Waals surface area (Å²) in [6.45, 7) is 5.93. The molecule has 0 aliphatic rings. The van der Waals surface area contributed by atoms with Gasteiger partial charge in [-0.05, 0) is 54.3 Å². The number of benzene rings is 1. The zero-order valence-corrected chi connectivity index (χ0v) is 13.8. The Balaban J connectivity index is 1.87. The first-order valence-electron chi connectivity index (χ1n) is 7.11. The topological polar surface area (TPSA) is 58.2 Å². The predicted octanol–water partition coefficient (Wildman–Crippen LogP) is 2.97. The van der Waals surface area contributed by atoms with Crippen molar-refractivity contribution in [1.29, 1.82) is 0 Å². The van der Waals surface area contributed by atoms with Crippen LogP contribution in [0.1, 0.15) is 22.3 Å². The highest BCUT2D eigenvalue weighted by Gasteiger charge is 2.10. The lowest BCUT2D eigenvalue weighted by atomic mass is 10.1. The van der Waals surface area contributed by atoms with E-state index in [0.29, 0.717) is 6.42 Å². The van der Waals surface area contributed by atoms with Crippen LogP contribution in [0, 0.1) is 20.8 Å². The zero-order valence-electron chi connectivity index (χ0n) is 13.0. The van der Waals surface area contributed by atoms with Gasteiger partial charge in [0.2, 0.25) is 11.8 Å². The van der Waals surface area contributed by atoms with Gasteiger partial charge in [0.25, 0.3) is 0 Å². The molecule has 0 saturated heterocycles. The van der Waals surface area contributed by atoms with E-state index in [1.807, 2.05) is 49.7 Å². The van der Waals surface area contributed by atoms with E-state index in [2.05, 4.69) is 10.6 Å². The minimum absolute atomic E-state index is 0.0181. The Kier molecular flexibility index (Phi) is 5.33. The van der Waals surface area contributed by atoms with E-state index < -0.39 is 0 Å². The summed E-state index contributed by atoms with van der Waals surface area (Å²) in [5.74, 6) is -0.361. The largest absolute Gasteiger partial charge is 0.347 e. The van der Waals surface area contributed by atoms with Crippen LogP contribution in [0.25, 0.3) is 0 Å². The molecular formula is C17H20N2O2S. The Morgan fingerprint density at radius 2 is 1.77 bits per heavy atom. The quantitative estimate of drug-likeness (QED) is 0.891. The second kappa shape index (κ2) is 7.22. The lowest BCUT2D eigenvalue weighted by molar-refractivity contribution is -0.123. The number of hydrogen-bond donors (Lipinski definition) is 2.